The Kier molecular flexibility index (Phi) is 6.65. The molecule has 0 saturated carbocycles. The molecule has 0 aliphatic carbocycles. The van der Waals surface area contributed by atoms with E-state index in [4.69, 9.17) is 0 Å². The van der Waals surface area contributed by atoms with Gasteiger partial charge in [-0.2, -0.15) is 0 Å². The van der Waals surface area contributed by atoms with Gasteiger partial charge < -0.3 is 9.11 Å². The standard InChI is InChI=1S/C20H14O4S5/c21-28(22)17-11-3-7-13-5-1-9-15(19(13)17)25-27-26-16-10-2-6-14-8-4-12-18(20(14)16)29(23)24/h1-12H,(H,21,22)(H,23,24). The van der Waals surface area contributed by atoms with Crippen molar-refractivity contribution in [2.45, 2.75) is 19.6 Å². The summed E-state index contributed by atoms with van der Waals surface area (Å²) in [7, 11) is 4.49. The molecule has 9 heteroatoms. The zero-order chi connectivity index (χ0) is 20.4. The predicted octanol–water partition coefficient (Wildman–Crippen LogP) is 6.60. The molecule has 4 nitrogen and oxygen atoms in total. The summed E-state index contributed by atoms with van der Waals surface area (Å²) in [6, 6.07) is 22.2. The van der Waals surface area contributed by atoms with Crippen molar-refractivity contribution in [1.82, 2.24) is 0 Å². The molecule has 0 spiro atoms. The number of benzene rings is 4. The fraction of sp³-hybridized carbons (Fsp3) is 0. The van der Waals surface area contributed by atoms with Crippen LogP contribution in [0.3, 0.4) is 0 Å². The van der Waals surface area contributed by atoms with Crippen LogP contribution in [0.25, 0.3) is 21.5 Å². The van der Waals surface area contributed by atoms with Crippen molar-refractivity contribution in [1.29, 1.82) is 0 Å². The summed E-state index contributed by atoms with van der Waals surface area (Å²) in [6.07, 6.45) is 0. The molecule has 2 unspecified atom stereocenters. The highest BCUT2D eigenvalue weighted by atomic mass is 33.5. The number of rotatable bonds is 6. The molecule has 4 aromatic rings. The number of hydrogen-bond donors (Lipinski definition) is 2. The molecule has 0 bridgehead atoms. The monoisotopic (exact) mass is 478 g/mol. The summed E-state index contributed by atoms with van der Waals surface area (Å²) >= 11 is -4.15. The molecule has 0 aromatic heterocycles. The molecular weight excluding hydrogens is 465 g/mol. The first-order valence-electron chi connectivity index (χ1n) is 8.32. The molecule has 0 aliphatic rings. The summed E-state index contributed by atoms with van der Waals surface area (Å²) < 4.78 is 42.8. The van der Waals surface area contributed by atoms with Gasteiger partial charge in [-0.1, -0.05) is 48.5 Å². The largest absolute Gasteiger partial charge is 0.302 e. The van der Waals surface area contributed by atoms with Gasteiger partial charge in [-0.3, -0.25) is 0 Å². The van der Waals surface area contributed by atoms with E-state index in [2.05, 4.69) is 0 Å². The van der Waals surface area contributed by atoms with Gasteiger partial charge in [-0.25, -0.2) is 8.42 Å². The maximum absolute atomic E-state index is 11.7. The number of hydrogen-bond acceptors (Lipinski definition) is 5. The Morgan fingerprint density at radius 1 is 0.586 bits per heavy atom. The highest BCUT2D eigenvalue weighted by Crippen LogP contribution is 2.49. The Morgan fingerprint density at radius 3 is 1.34 bits per heavy atom. The Labute approximate surface area is 184 Å². The molecule has 148 valence electrons. The van der Waals surface area contributed by atoms with E-state index in [1.54, 1.807) is 24.3 Å². The molecule has 0 radical (unpaired) electrons. The zero-order valence-corrected chi connectivity index (χ0v) is 18.8. The molecule has 2 atom stereocenters. The van der Waals surface area contributed by atoms with Crippen molar-refractivity contribution in [3.8, 4) is 0 Å². The minimum Gasteiger partial charge on any atom is -0.302 e. The van der Waals surface area contributed by atoms with E-state index in [9.17, 15) is 17.5 Å². The van der Waals surface area contributed by atoms with Gasteiger partial charge in [0, 0.05) is 20.6 Å². The molecule has 29 heavy (non-hydrogen) atoms. The van der Waals surface area contributed by atoms with Gasteiger partial charge in [0.25, 0.3) is 0 Å². The Bertz CT molecular complexity index is 1150. The van der Waals surface area contributed by atoms with Crippen molar-refractivity contribution in [3.63, 3.8) is 0 Å². The van der Waals surface area contributed by atoms with Gasteiger partial charge in [-0.15, -0.1) is 0 Å². The molecule has 2 N–H and O–H groups in total. The first kappa shape index (κ1) is 20.9. The number of fused-ring (bicyclic) bond motifs is 2. The summed E-state index contributed by atoms with van der Waals surface area (Å²) in [5.41, 5.74) is 0. The zero-order valence-electron chi connectivity index (χ0n) is 14.7. The lowest BCUT2D eigenvalue weighted by atomic mass is 10.1. The summed E-state index contributed by atoms with van der Waals surface area (Å²) in [5, 5.41) is 3.35. The van der Waals surface area contributed by atoms with Gasteiger partial charge in [0.05, 0.1) is 9.79 Å². The lowest BCUT2D eigenvalue weighted by Crippen LogP contribution is -1.91. The van der Waals surface area contributed by atoms with E-state index in [0.29, 0.717) is 9.79 Å². The van der Waals surface area contributed by atoms with Crippen LogP contribution >= 0.6 is 31.4 Å². The van der Waals surface area contributed by atoms with Gasteiger partial charge in [0.15, 0.2) is 22.2 Å². The second-order valence-electron chi connectivity index (χ2n) is 5.95. The third-order valence-electron chi connectivity index (χ3n) is 4.28. The molecule has 0 saturated heterocycles. The normalized spacial score (nSPS) is 13.6. The van der Waals surface area contributed by atoms with Crippen molar-refractivity contribution < 1.29 is 17.5 Å². The van der Waals surface area contributed by atoms with E-state index >= 15 is 0 Å². The van der Waals surface area contributed by atoms with Crippen LogP contribution in [0.1, 0.15) is 0 Å². The average Bonchev–Trinajstić information content (AvgIpc) is 2.73. The maximum Gasteiger partial charge on any atom is 0.187 e. The first-order valence-corrected chi connectivity index (χ1v) is 14.0. The van der Waals surface area contributed by atoms with Gasteiger partial charge in [-0.05, 0) is 66.5 Å². The van der Waals surface area contributed by atoms with Crippen molar-refractivity contribution >= 4 is 75.1 Å². The lowest BCUT2D eigenvalue weighted by molar-refractivity contribution is 0.563. The van der Waals surface area contributed by atoms with E-state index < -0.39 is 22.2 Å². The van der Waals surface area contributed by atoms with Crippen LogP contribution in [-0.4, -0.2) is 17.5 Å². The van der Waals surface area contributed by atoms with Crippen molar-refractivity contribution in [3.05, 3.63) is 72.8 Å². The Hall–Kier alpha value is -1.33. The van der Waals surface area contributed by atoms with Gasteiger partial charge in [0.2, 0.25) is 0 Å². The van der Waals surface area contributed by atoms with Gasteiger partial charge in [0.1, 0.15) is 0 Å². The quantitative estimate of drug-likeness (QED) is 0.239. The van der Waals surface area contributed by atoms with E-state index in [-0.39, 0.29) is 0 Å². The van der Waals surface area contributed by atoms with E-state index in [0.717, 1.165) is 31.3 Å². The highest BCUT2D eigenvalue weighted by Gasteiger charge is 2.14. The highest BCUT2D eigenvalue weighted by molar-refractivity contribution is 9.09. The summed E-state index contributed by atoms with van der Waals surface area (Å²) in [4.78, 5) is 2.56. The molecule has 0 heterocycles. The van der Waals surface area contributed by atoms with Crippen LogP contribution in [0.4, 0.5) is 0 Å². The van der Waals surface area contributed by atoms with Crippen LogP contribution in [-0.2, 0) is 22.2 Å². The Balaban J connectivity index is 1.66. The fourth-order valence-electron chi connectivity index (χ4n) is 3.07. The third-order valence-corrected chi connectivity index (χ3v) is 9.60. The molecule has 0 aliphatic heterocycles. The summed E-state index contributed by atoms with van der Waals surface area (Å²) in [6.45, 7) is 0. The van der Waals surface area contributed by atoms with E-state index in [1.807, 2.05) is 48.5 Å². The molecular formula is C20H14O4S5. The van der Waals surface area contributed by atoms with Crippen molar-refractivity contribution in [2.24, 2.45) is 0 Å². The van der Waals surface area contributed by atoms with Crippen LogP contribution < -0.4 is 0 Å². The molecule has 4 aromatic carbocycles. The second kappa shape index (κ2) is 9.22. The molecule has 0 fully saturated rings. The van der Waals surface area contributed by atoms with Crippen molar-refractivity contribution in [2.75, 3.05) is 0 Å². The van der Waals surface area contributed by atoms with Crippen LogP contribution in [0, 0.1) is 0 Å². The maximum atomic E-state index is 11.7. The minimum absolute atomic E-state index is 0.388. The van der Waals surface area contributed by atoms with Crippen LogP contribution in [0.15, 0.2) is 92.4 Å². The molecule has 4 rings (SSSR count). The van der Waals surface area contributed by atoms with Crippen LogP contribution in [0.5, 0.6) is 0 Å². The topological polar surface area (TPSA) is 74.6 Å². The average molecular weight is 479 g/mol. The Morgan fingerprint density at radius 2 is 0.966 bits per heavy atom. The van der Waals surface area contributed by atoms with Crippen LogP contribution in [0.2, 0.25) is 0 Å². The summed E-state index contributed by atoms with van der Waals surface area (Å²) in [5.74, 6) is 0. The van der Waals surface area contributed by atoms with E-state index in [1.165, 1.54) is 31.4 Å². The first-order chi connectivity index (χ1) is 14.1. The minimum atomic E-state index is -2.07. The predicted molar refractivity (Wildman–Crippen MR) is 125 cm³/mol. The fourth-order valence-corrected chi connectivity index (χ4v) is 8.46. The SMILES string of the molecule is O=S(O)c1cccc2cccc(SSSc3cccc4cccc(S(=O)O)c34)c12. The third kappa shape index (κ3) is 4.41. The van der Waals surface area contributed by atoms with Gasteiger partial charge >= 0.3 is 0 Å². The smallest absolute Gasteiger partial charge is 0.187 e. The molecule has 0 amide bonds. The second-order valence-corrected chi connectivity index (χ2v) is 11.8. The lowest BCUT2D eigenvalue weighted by Gasteiger charge is -2.10.